The number of rotatable bonds is 6. The zero-order valence-corrected chi connectivity index (χ0v) is 25.9. The van der Waals surface area contributed by atoms with E-state index >= 15 is 0 Å². The van der Waals surface area contributed by atoms with Crippen LogP contribution >= 0.6 is 11.6 Å². The highest BCUT2D eigenvalue weighted by atomic mass is 35.5. The van der Waals surface area contributed by atoms with E-state index in [1.165, 1.54) is 6.92 Å². The molecule has 1 fully saturated rings. The van der Waals surface area contributed by atoms with Gasteiger partial charge in [0.15, 0.2) is 0 Å². The fraction of sp³-hybridized carbons (Fsp3) is 0.438. The first-order valence-electron chi connectivity index (χ1n) is 15.2. The number of carbonyl (C=O) groups excluding carboxylic acids is 1. The number of aromatic nitrogens is 4. The van der Waals surface area contributed by atoms with E-state index < -0.39 is 5.95 Å². The molecule has 0 aliphatic carbocycles. The Morgan fingerprint density at radius 1 is 1.20 bits per heavy atom. The first-order chi connectivity index (χ1) is 21.2. The molecule has 2 aromatic heterocycles. The number of imidazole rings is 1. The number of halogens is 2. The van der Waals surface area contributed by atoms with Crippen molar-refractivity contribution in [2.24, 2.45) is 0 Å². The Labute approximate surface area is 260 Å². The molecule has 2 atom stereocenters. The molecule has 0 saturated carbocycles. The van der Waals surface area contributed by atoms with E-state index in [1.807, 2.05) is 34.9 Å². The van der Waals surface area contributed by atoms with Crippen molar-refractivity contribution in [1.82, 2.24) is 24.4 Å². The van der Waals surface area contributed by atoms with Crippen LogP contribution in [0.25, 0.3) is 10.8 Å². The van der Waals surface area contributed by atoms with Crippen molar-refractivity contribution >= 4 is 45.5 Å². The van der Waals surface area contributed by atoms with Crippen molar-refractivity contribution in [2.75, 3.05) is 41.9 Å². The van der Waals surface area contributed by atoms with Crippen LogP contribution in [-0.2, 0) is 30.8 Å². The number of anilines is 3. The van der Waals surface area contributed by atoms with Crippen LogP contribution in [0.2, 0.25) is 5.02 Å². The number of carbonyl (C=O) groups is 1. The van der Waals surface area contributed by atoms with E-state index in [4.69, 9.17) is 26.3 Å². The van der Waals surface area contributed by atoms with Crippen LogP contribution in [0.1, 0.15) is 43.6 Å². The van der Waals surface area contributed by atoms with Gasteiger partial charge >= 0.3 is 6.01 Å². The summed E-state index contributed by atoms with van der Waals surface area (Å²) >= 11 is 6.76. The number of amides is 1. The van der Waals surface area contributed by atoms with Crippen LogP contribution in [0, 0.1) is 5.95 Å². The number of fused-ring (bicyclic) bond motifs is 3. The smallest absolute Gasteiger partial charge is 0.318 e. The summed E-state index contributed by atoms with van der Waals surface area (Å²) in [6.07, 6.45) is 4.47. The van der Waals surface area contributed by atoms with E-state index in [2.05, 4.69) is 39.0 Å². The summed E-state index contributed by atoms with van der Waals surface area (Å²) in [5.41, 5.74) is 4.10. The van der Waals surface area contributed by atoms with Gasteiger partial charge in [0.1, 0.15) is 12.4 Å². The lowest BCUT2D eigenvalue weighted by atomic mass is 10.0. The van der Waals surface area contributed by atoms with Gasteiger partial charge in [-0.1, -0.05) is 23.7 Å². The Hall–Kier alpha value is -3.96. The number of hydrogen-bond donors (Lipinski definition) is 1. The second kappa shape index (κ2) is 11.5. The molecule has 1 saturated heterocycles. The molecule has 3 aliphatic rings. The quantitative estimate of drug-likeness (QED) is 0.322. The molecule has 0 spiro atoms. The standard InChI is InChI=1S/C32H36ClFN8O2/c1-19-14-41-18-35-30(34)28(41)16-42(19)31-24-9-11-40(15-26(24)37-32(38-31)44-17-23-7-5-10-39(23)3)27-13-22(36-20(2)43)12-21-6-4-8-25(33)29(21)27/h4,6,8,12-13,18-19,23H,5,7,9-11,14-17H2,1-3H3,(H,36,43)/t19-,23+/m1/s1. The van der Waals surface area contributed by atoms with Gasteiger partial charge in [0.25, 0.3) is 0 Å². The Balaban J connectivity index is 1.28. The lowest BCUT2D eigenvalue weighted by molar-refractivity contribution is -0.114. The van der Waals surface area contributed by atoms with Crippen molar-refractivity contribution in [1.29, 1.82) is 0 Å². The van der Waals surface area contributed by atoms with Crippen LogP contribution in [0.5, 0.6) is 6.01 Å². The van der Waals surface area contributed by atoms with Crippen molar-refractivity contribution < 1.29 is 13.9 Å². The summed E-state index contributed by atoms with van der Waals surface area (Å²) < 4.78 is 22.8. The third-order valence-corrected chi connectivity index (χ3v) is 9.46. The van der Waals surface area contributed by atoms with Gasteiger partial charge in [-0.2, -0.15) is 14.4 Å². The monoisotopic (exact) mass is 618 g/mol. The highest BCUT2D eigenvalue weighted by Gasteiger charge is 2.33. The number of hydrogen-bond acceptors (Lipinski definition) is 8. The van der Waals surface area contributed by atoms with Gasteiger partial charge in [0.2, 0.25) is 11.9 Å². The number of likely N-dealkylation sites (tertiary alicyclic amines) is 1. The largest absolute Gasteiger partial charge is 0.462 e. The third-order valence-electron chi connectivity index (χ3n) is 9.15. The summed E-state index contributed by atoms with van der Waals surface area (Å²) in [7, 11) is 2.12. The SMILES string of the molecule is CC(=O)Nc1cc(N2CCc3c(nc(OC[C@@H]4CCCN4C)nc3N3Cc4c(F)ncn4C[C@H]3C)C2)c2c(Cl)cccc2c1. The van der Waals surface area contributed by atoms with Gasteiger partial charge < -0.3 is 29.3 Å². The van der Waals surface area contributed by atoms with Crippen LogP contribution in [0.3, 0.4) is 0 Å². The first-order valence-corrected chi connectivity index (χ1v) is 15.6. The molecule has 10 nitrogen and oxygen atoms in total. The molecule has 3 aliphatic heterocycles. The zero-order chi connectivity index (χ0) is 30.5. The van der Waals surface area contributed by atoms with Gasteiger partial charge in [-0.05, 0) is 63.4 Å². The van der Waals surface area contributed by atoms with Crippen LogP contribution in [0.4, 0.5) is 21.6 Å². The van der Waals surface area contributed by atoms with Crippen molar-refractivity contribution in [3.8, 4) is 6.01 Å². The van der Waals surface area contributed by atoms with E-state index in [-0.39, 0.29) is 11.9 Å². The zero-order valence-electron chi connectivity index (χ0n) is 25.2. The van der Waals surface area contributed by atoms with Crippen molar-refractivity contribution in [2.45, 2.75) is 64.8 Å². The van der Waals surface area contributed by atoms with E-state index in [9.17, 15) is 9.18 Å². The fourth-order valence-electron chi connectivity index (χ4n) is 6.82. The average Bonchev–Trinajstić information content (AvgIpc) is 3.58. The highest BCUT2D eigenvalue weighted by molar-refractivity contribution is 6.36. The van der Waals surface area contributed by atoms with Crippen LogP contribution in [-0.4, -0.2) is 69.2 Å². The molecular formula is C32H36ClFN8O2. The maximum atomic E-state index is 14.6. The lowest BCUT2D eigenvalue weighted by Crippen LogP contribution is -2.43. The molecule has 1 amide bonds. The Bertz CT molecular complexity index is 1750. The maximum absolute atomic E-state index is 14.6. The highest BCUT2D eigenvalue weighted by Crippen LogP contribution is 2.40. The summed E-state index contributed by atoms with van der Waals surface area (Å²) in [5.74, 6) is 0.208. The predicted molar refractivity (Wildman–Crippen MR) is 169 cm³/mol. The van der Waals surface area contributed by atoms with Crippen molar-refractivity contribution in [3.63, 3.8) is 0 Å². The second-order valence-electron chi connectivity index (χ2n) is 12.1. The molecule has 4 aromatic rings. The minimum Gasteiger partial charge on any atom is -0.462 e. The van der Waals surface area contributed by atoms with Gasteiger partial charge in [0.05, 0.1) is 35.8 Å². The van der Waals surface area contributed by atoms with Gasteiger partial charge in [0, 0.05) is 54.4 Å². The lowest BCUT2D eigenvalue weighted by Gasteiger charge is -2.38. The Kier molecular flexibility index (Phi) is 7.54. The summed E-state index contributed by atoms with van der Waals surface area (Å²) in [6.45, 7) is 7.36. The average molecular weight is 619 g/mol. The van der Waals surface area contributed by atoms with Gasteiger partial charge in [-0.15, -0.1) is 0 Å². The van der Waals surface area contributed by atoms with Crippen LogP contribution < -0.4 is 19.9 Å². The topological polar surface area (TPSA) is 91.7 Å². The van der Waals surface area contributed by atoms with Gasteiger partial charge in [-0.25, -0.2) is 4.98 Å². The molecule has 44 heavy (non-hydrogen) atoms. The minimum atomic E-state index is -0.445. The predicted octanol–water partition coefficient (Wildman–Crippen LogP) is 5.02. The summed E-state index contributed by atoms with van der Waals surface area (Å²) in [5, 5.41) is 5.45. The molecule has 1 N–H and O–H groups in total. The number of benzene rings is 2. The summed E-state index contributed by atoms with van der Waals surface area (Å²) in [6, 6.07) is 10.4. The molecule has 0 radical (unpaired) electrons. The van der Waals surface area contributed by atoms with E-state index in [0.29, 0.717) is 67.7 Å². The fourth-order valence-corrected chi connectivity index (χ4v) is 7.10. The number of nitrogens with zero attached hydrogens (tertiary/aromatic N) is 7. The molecular weight excluding hydrogens is 583 g/mol. The van der Waals surface area contributed by atoms with Gasteiger partial charge in [-0.3, -0.25) is 4.79 Å². The second-order valence-corrected chi connectivity index (χ2v) is 12.5. The number of nitrogens with one attached hydrogen (secondary N) is 1. The molecule has 2 aromatic carbocycles. The maximum Gasteiger partial charge on any atom is 0.318 e. The third kappa shape index (κ3) is 5.32. The first kappa shape index (κ1) is 28.8. The molecule has 0 bridgehead atoms. The molecule has 5 heterocycles. The molecule has 0 unspecified atom stereocenters. The number of ether oxygens (including phenoxy) is 1. The Morgan fingerprint density at radius 2 is 2.07 bits per heavy atom. The molecule has 230 valence electrons. The molecule has 7 rings (SSSR count). The normalized spacial score (nSPS) is 20.1. The van der Waals surface area contributed by atoms with Crippen LogP contribution in [0.15, 0.2) is 36.7 Å². The Morgan fingerprint density at radius 3 is 2.86 bits per heavy atom. The summed E-state index contributed by atoms with van der Waals surface area (Å²) in [4.78, 5) is 32.5. The number of likely N-dealkylation sites (N-methyl/N-ethyl adjacent to an activating group) is 1. The van der Waals surface area contributed by atoms with E-state index in [0.717, 1.165) is 52.9 Å². The minimum absolute atomic E-state index is 0.0685. The van der Waals surface area contributed by atoms with Crippen molar-refractivity contribution in [3.05, 3.63) is 64.6 Å². The molecule has 12 heteroatoms. The van der Waals surface area contributed by atoms with E-state index in [1.54, 1.807) is 6.33 Å².